The minimum absolute atomic E-state index is 0.217. The third-order valence-electron chi connectivity index (χ3n) is 2.83. The first kappa shape index (κ1) is 14.2. The molecule has 0 amide bonds. The molecule has 4 heteroatoms. The maximum Gasteiger partial charge on any atom is 0.137 e. The van der Waals surface area contributed by atoms with Gasteiger partial charge in [-0.2, -0.15) is 0 Å². The normalized spacial score (nSPS) is 10.7. The van der Waals surface area contributed by atoms with Crippen LogP contribution >= 0.6 is 15.9 Å². The summed E-state index contributed by atoms with van der Waals surface area (Å²) >= 11 is 3.22. The molecule has 0 aliphatic rings. The number of benzene rings is 2. The van der Waals surface area contributed by atoms with Gasteiger partial charge in [-0.15, -0.1) is 0 Å². The van der Waals surface area contributed by atoms with Crippen molar-refractivity contribution in [1.82, 2.24) is 5.32 Å². The predicted molar refractivity (Wildman–Crippen MR) is 75.9 cm³/mol. The van der Waals surface area contributed by atoms with Gasteiger partial charge in [0.2, 0.25) is 0 Å². The van der Waals surface area contributed by atoms with Crippen LogP contribution in [0.2, 0.25) is 0 Å². The second-order valence-electron chi connectivity index (χ2n) is 4.27. The molecule has 0 fully saturated rings. The number of nitrogens with one attached hydrogen (secondary N) is 1. The standard InChI is InChI=1S/C15H14BrF2N/c16-15-12(4-2-6-14(15)18)10-19-8-7-11-3-1-5-13(17)9-11/h1-6,9,19H,7-8,10H2. The SMILES string of the molecule is Fc1cccc(CCNCc2cccc(F)c2Br)c1. The number of hydrogen-bond acceptors (Lipinski definition) is 1. The Kier molecular flexibility index (Phi) is 5.05. The molecular weight excluding hydrogens is 312 g/mol. The van der Waals surface area contributed by atoms with E-state index < -0.39 is 0 Å². The Labute approximate surface area is 119 Å². The van der Waals surface area contributed by atoms with E-state index in [1.54, 1.807) is 12.1 Å². The Balaban J connectivity index is 1.82. The van der Waals surface area contributed by atoms with Crippen LogP contribution in [0.15, 0.2) is 46.9 Å². The highest BCUT2D eigenvalue weighted by molar-refractivity contribution is 9.10. The summed E-state index contributed by atoms with van der Waals surface area (Å²) in [5.74, 6) is -0.477. The van der Waals surface area contributed by atoms with Crippen LogP contribution in [0.1, 0.15) is 11.1 Å². The molecule has 1 nitrogen and oxygen atoms in total. The molecule has 0 atom stereocenters. The second kappa shape index (κ2) is 6.78. The summed E-state index contributed by atoms with van der Waals surface area (Å²) in [5.41, 5.74) is 1.82. The van der Waals surface area contributed by atoms with Crippen molar-refractivity contribution in [2.24, 2.45) is 0 Å². The van der Waals surface area contributed by atoms with Crippen molar-refractivity contribution >= 4 is 15.9 Å². The average molecular weight is 326 g/mol. The van der Waals surface area contributed by atoms with Crippen LogP contribution in [-0.2, 0) is 13.0 Å². The topological polar surface area (TPSA) is 12.0 Å². The largest absolute Gasteiger partial charge is 0.312 e. The molecule has 19 heavy (non-hydrogen) atoms. The average Bonchev–Trinajstić information content (AvgIpc) is 2.39. The number of rotatable bonds is 5. The molecule has 0 radical (unpaired) electrons. The minimum atomic E-state index is -0.260. The van der Waals surface area contributed by atoms with E-state index in [0.717, 1.165) is 17.5 Å². The van der Waals surface area contributed by atoms with Gasteiger partial charge in [0.25, 0.3) is 0 Å². The Morgan fingerprint density at radius 3 is 2.63 bits per heavy atom. The Hall–Kier alpha value is -1.26. The van der Waals surface area contributed by atoms with Gasteiger partial charge in [0.05, 0.1) is 4.47 Å². The Morgan fingerprint density at radius 1 is 1.05 bits per heavy atom. The number of halogens is 3. The van der Waals surface area contributed by atoms with Crippen LogP contribution in [-0.4, -0.2) is 6.54 Å². The predicted octanol–water partition coefficient (Wildman–Crippen LogP) is 4.06. The molecule has 0 spiro atoms. The van der Waals surface area contributed by atoms with E-state index in [0.29, 0.717) is 17.6 Å². The molecule has 0 bridgehead atoms. The van der Waals surface area contributed by atoms with Gasteiger partial charge >= 0.3 is 0 Å². The van der Waals surface area contributed by atoms with Crippen molar-refractivity contribution in [2.45, 2.75) is 13.0 Å². The zero-order valence-electron chi connectivity index (χ0n) is 10.3. The van der Waals surface area contributed by atoms with Crippen molar-refractivity contribution in [3.63, 3.8) is 0 Å². The molecule has 0 aliphatic carbocycles. The van der Waals surface area contributed by atoms with Gasteiger partial charge in [-0.3, -0.25) is 0 Å². The highest BCUT2D eigenvalue weighted by Gasteiger charge is 2.04. The van der Waals surface area contributed by atoms with Crippen LogP contribution in [0, 0.1) is 11.6 Å². The summed E-state index contributed by atoms with van der Waals surface area (Å²) in [6, 6.07) is 11.5. The molecule has 2 aromatic rings. The molecule has 0 aromatic heterocycles. The highest BCUT2D eigenvalue weighted by atomic mass is 79.9. The van der Waals surface area contributed by atoms with Crippen LogP contribution in [0.5, 0.6) is 0 Å². The second-order valence-corrected chi connectivity index (χ2v) is 5.06. The molecule has 2 aromatic carbocycles. The van der Waals surface area contributed by atoms with E-state index in [1.165, 1.54) is 18.2 Å². The van der Waals surface area contributed by atoms with Gasteiger partial charge in [0.15, 0.2) is 0 Å². The molecule has 0 aliphatic heterocycles. The summed E-state index contributed by atoms with van der Waals surface area (Å²) in [7, 11) is 0. The zero-order chi connectivity index (χ0) is 13.7. The van der Waals surface area contributed by atoms with E-state index in [-0.39, 0.29) is 11.6 Å². The molecule has 100 valence electrons. The van der Waals surface area contributed by atoms with Crippen molar-refractivity contribution in [3.05, 3.63) is 69.7 Å². The zero-order valence-corrected chi connectivity index (χ0v) is 11.9. The van der Waals surface area contributed by atoms with Crippen molar-refractivity contribution in [1.29, 1.82) is 0 Å². The summed E-state index contributed by atoms with van der Waals surface area (Å²) in [5, 5.41) is 3.22. The van der Waals surface area contributed by atoms with Gasteiger partial charge < -0.3 is 5.32 Å². The molecule has 0 saturated heterocycles. The van der Waals surface area contributed by atoms with E-state index in [2.05, 4.69) is 21.2 Å². The summed E-state index contributed by atoms with van der Waals surface area (Å²) < 4.78 is 26.7. The third kappa shape index (κ3) is 4.11. The van der Waals surface area contributed by atoms with Crippen LogP contribution in [0.4, 0.5) is 8.78 Å². The highest BCUT2D eigenvalue weighted by Crippen LogP contribution is 2.20. The first-order chi connectivity index (χ1) is 9.16. The smallest absolute Gasteiger partial charge is 0.137 e. The molecule has 0 saturated carbocycles. The van der Waals surface area contributed by atoms with E-state index in [4.69, 9.17) is 0 Å². The van der Waals surface area contributed by atoms with E-state index in [1.807, 2.05) is 12.1 Å². The lowest BCUT2D eigenvalue weighted by Crippen LogP contribution is -2.17. The lowest BCUT2D eigenvalue weighted by Gasteiger charge is -2.07. The number of hydrogen-bond donors (Lipinski definition) is 1. The lowest BCUT2D eigenvalue weighted by molar-refractivity contribution is 0.610. The van der Waals surface area contributed by atoms with E-state index >= 15 is 0 Å². The summed E-state index contributed by atoms with van der Waals surface area (Å²) in [6.45, 7) is 1.29. The molecule has 0 heterocycles. The third-order valence-corrected chi connectivity index (χ3v) is 3.71. The van der Waals surface area contributed by atoms with Gasteiger partial charge in [-0.1, -0.05) is 24.3 Å². The van der Waals surface area contributed by atoms with Crippen molar-refractivity contribution in [3.8, 4) is 0 Å². The Bertz CT molecular complexity index is 558. The monoisotopic (exact) mass is 325 g/mol. The minimum Gasteiger partial charge on any atom is -0.312 e. The van der Waals surface area contributed by atoms with Crippen molar-refractivity contribution < 1.29 is 8.78 Å². The maximum atomic E-state index is 13.3. The van der Waals surface area contributed by atoms with Gasteiger partial charge in [0.1, 0.15) is 11.6 Å². The molecular formula is C15H14BrF2N. The first-order valence-electron chi connectivity index (χ1n) is 6.05. The lowest BCUT2D eigenvalue weighted by atomic mass is 10.1. The summed E-state index contributed by atoms with van der Waals surface area (Å²) in [6.07, 6.45) is 0.741. The van der Waals surface area contributed by atoms with Gasteiger partial charge in [0, 0.05) is 6.54 Å². The van der Waals surface area contributed by atoms with Gasteiger partial charge in [-0.25, -0.2) is 8.78 Å². The quantitative estimate of drug-likeness (QED) is 0.817. The molecule has 2 rings (SSSR count). The fraction of sp³-hybridized carbons (Fsp3) is 0.200. The fourth-order valence-electron chi connectivity index (χ4n) is 1.83. The fourth-order valence-corrected chi connectivity index (χ4v) is 2.24. The summed E-state index contributed by atoms with van der Waals surface area (Å²) in [4.78, 5) is 0. The van der Waals surface area contributed by atoms with Crippen molar-refractivity contribution in [2.75, 3.05) is 6.54 Å². The van der Waals surface area contributed by atoms with Crippen LogP contribution in [0.25, 0.3) is 0 Å². The molecule has 1 N–H and O–H groups in total. The van der Waals surface area contributed by atoms with Gasteiger partial charge in [-0.05, 0) is 58.2 Å². The first-order valence-corrected chi connectivity index (χ1v) is 6.84. The maximum absolute atomic E-state index is 13.3. The van der Waals surface area contributed by atoms with Crippen LogP contribution < -0.4 is 5.32 Å². The molecule has 0 unspecified atom stereocenters. The van der Waals surface area contributed by atoms with Crippen LogP contribution in [0.3, 0.4) is 0 Å². The Morgan fingerprint density at radius 2 is 1.84 bits per heavy atom. The van der Waals surface area contributed by atoms with E-state index in [9.17, 15) is 8.78 Å².